The summed E-state index contributed by atoms with van der Waals surface area (Å²) in [7, 11) is 0. The molecular formula is C21H28N6. The Morgan fingerprint density at radius 3 is 1.56 bits per heavy atom. The molecule has 0 bridgehead atoms. The highest BCUT2D eigenvalue weighted by atomic mass is 15.1. The van der Waals surface area contributed by atoms with Crippen LogP contribution in [0.2, 0.25) is 0 Å². The Morgan fingerprint density at radius 1 is 0.778 bits per heavy atom. The maximum atomic E-state index is 5.94. The number of fused-ring (bicyclic) bond motifs is 3. The first kappa shape index (κ1) is 18.8. The Balaban J connectivity index is 1.79. The predicted octanol–water partition coefficient (Wildman–Crippen LogP) is 3.53. The monoisotopic (exact) mass is 364 g/mol. The van der Waals surface area contributed by atoms with Crippen molar-refractivity contribution in [1.82, 2.24) is 0 Å². The Labute approximate surface area is 160 Å². The summed E-state index contributed by atoms with van der Waals surface area (Å²) in [4.78, 5) is 8.63. The molecule has 2 aromatic rings. The van der Waals surface area contributed by atoms with Crippen molar-refractivity contribution in [3.05, 3.63) is 47.5 Å². The average Bonchev–Trinajstić information content (AvgIpc) is 2.89. The largest absolute Gasteiger partial charge is 0.370 e. The lowest BCUT2D eigenvalue weighted by atomic mass is 10.1. The number of guanidine groups is 2. The number of rotatable bonds is 4. The van der Waals surface area contributed by atoms with Gasteiger partial charge in [0.2, 0.25) is 0 Å². The lowest BCUT2D eigenvalue weighted by Crippen LogP contribution is -2.24. The first-order chi connectivity index (χ1) is 12.8. The standard InChI is InChI=1S/C21H28N6/c1-12(2)24-20(22)26-16-5-7-18-14(10-16)9-15-11-17(6-8-19(15)18)27-21(23)25-13(3)4/h5-8,10-13H,9H2,1-4H3,(H3,22,24,26)(H3,23,25,27). The van der Waals surface area contributed by atoms with Gasteiger partial charge in [-0.1, -0.05) is 12.1 Å². The van der Waals surface area contributed by atoms with Crippen LogP contribution in [0.15, 0.2) is 46.4 Å². The maximum Gasteiger partial charge on any atom is 0.193 e. The van der Waals surface area contributed by atoms with Crippen molar-refractivity contribution in [3.8, 4) is 11.1 Å². The lowest BCUT2D eigenvalue weighted by Gasteiger charge is -2.09. The number of nitrogens with zero attached hydrogens (tertiary/aromatic N) is 2. The van der Waals surface area contributed by atoms with Gasteiger partial charge in [-0.25, -0.2) is 0 Å². The number of hydrogen-bond donors (Lipinski definition) is 4. The molecule has 0 aliphatic heterocycles. The zero-order valence-electron chi connectivity index (χ0n) is 16.4. The van der Waals surface area contributed by atoms with Crippen molar-refractivity contribution >= 4 is 23.3 Å². The van der Waals surface area contributed by atoms with E-state index in [1.165, 1.54) is 22.3 Å². The minimum atomic E-state index is 0.161. The normalized spacial score (nSPS) is 13.7. The second kappa shape index (κ2) is 7.70. The Kier molecular flexibility index (Phi) is 5.35. The van der Waals surface area contributed by atoms with Gasteiger partial charge in [0, 0.05) is 23.5 Å². The third-order valence-corrected chi connectivity index (χ3v) is 4.22. The molecule has 27 heavy (non-hydrogen) atoms. The molecule has 1 aliphatic rings. The molecule has 0 saturated heterocycles. The molecule has 0 amide bonds. The molecular weight excluding hydrogens is 336 g/mol. The fraction of sp³-hybridized carbons (Fsp3) is 0.333. The van der Waals surface area contributed by atoms with Crippen LogP contribution in [0, 0.1) is 0 Å². The topological polar surface area (TPSA) is 101 Å². The van der Waals surface area contributed by atoms with E-state index in [0.717, 1.165) is 17.8 Å². The Hall–Kier alpha value is -3.02. The van der Waals surface area contributed by atoms with Crippen LogP contribution in [0.25, 0.3) is 11.1 Å². The molecule has 3 rings (SSSR count). The van der Waals surface area contributed by atoms with Crippen LogP contribution in [0.3, 0.4) is 0 Å². The lowest BCUT2D eigenvalue weighted by molar-refractivity contribution is 0.833. The highest BCUT2D eigenvalue weighted by Gasteiger charge is 2.19. The molecule has 6 heteroatoms. The van der Waals surface area contributed by atoms with Crippen molar-refractivity contribution in [2.75, 3.05) is 10.6 Å². The second-order valence-corrected chi connectivity index (χ2v) is 7.39. The van der Waals surface area contributed by atoms with Crippen LogP contribution < -0.4 is 22.1 Å². The van der Waals surface area contributed by atoms with Gasteiger partial charge in [0.15, 0.2) is 11.9 Å². The summed E-state index contributed by atoms with van der Waals surface area (Å²) < 4.78 is 0. The fourth-order valence-electron chi connectivity index (χ4n) is 3.28. The van der Waals surface area contributed by atoms with Crippen molar-refractivity contribution in [3.63, 3.8) is 0 Å². The maximum absolute atomic E-state index is 5.94. The summed E-state index contributed by atoms with van der Waals surface area (Å²) in [6.45, 7) is 7.99. The number of anilines is 2. The molecule has 6 N–H and O–H groups in total. The highest BCUT2D eigenvalue weighted by molar-refractivity contribution is 5.94. The summed E-state index contributed by atoms with van der Waals surface area (Å²) in [6.07, 6.45) is 0.873. The summed E-state index contributed by atoms with van der Waals surface area (Å²) in [6, 6.07) is 12.9. The summed E-state index contributed by atoms with van der Waals surface area (Å²) >= 11 is 0. The zero-order valence-corrected chi connectivity index (χ0v) is 16.4. The van der Waals surface area contributed by atoms with Gasteiger partial charge in [-0.3, -0.25) is 9.98 Å². The van der Waals surface area contributed by atoms with E-state index in [0.29, 0.717) is 11.9 Å². The minimum Gasteiger partial charge on any atom is -0.370 e. The zero-order chi connectivity index (χ0) is 19.6. The predicted molar refractivity (Wildman–Crippen MR) is 115 cm³/mol. The number of hydrogen-bond acceptors (Lipinski definition) is 2. The number of aliphatic imine (C=N–C) groups is 2. The second-order valence-electron chi connectivity index (χ2n) is 7.39. The van der Waals surface area contributed by atoms with Gasteiger partial charge in [0.25, 0.3) is 0 Å². The van der Waals surface area contributed by atoms with Crippen LogP contribution >= 0.6 is 0 Å². The van der Waals surface area contributed by atoms with Gasteiger partial charge in [-0.05, 0) is 80.6 Å². The summed E-state index contributed by atoms with van der Waals surface area (Å²) in [5, 5.41) is 6.34. The van der Waals surface area contributed by atoms with Gasteiger partial charge in [-0.15, -0.1) is 0 Å². The summed E-state index contributed by atoms with van der Waals surface area (Å²) in [5.41, 5.74) is 18.8. The SMILES string of the molecule is CC(C)N=C(N)Nc1ccc2c(c1)Cc1cc(NC(N)=NC(C)C)ccc1-2. The molecule has 0 atom stereocenters. The van der Waals surface area contributed by atoms with Crippen LogP contribution in [0.5, 0.6) is 0 Å². The van der Waals surface area contributed by atoms with Gasteiger partial charge < -0.3 is 22.1 Å². The third-order valence-electron chi connectivity index (χ3n) is 4.22. The Morgan fingerprint density at radius 2 is 1.19 bits per heavy atom. The van der Waals surface area contributed by atoms with E-state index in [-0.39, 0.29) is 12.1 Å². The van der Waals surface area contributed by atoms with E-state index in [1.54, 1.807) is 0 Å². The third kappa shape index (κ3) is 4.58. The van der Waals surface area contributed by atoms with Crippen LogP contribution in [-0.4, -0.2) is 24.0 Å². The minimum absolute atomic E-state index is 0.161. The van der Waals surface area contributed by atoms with E-state index in [4.69, 9.17) is 11.5 Å². The van der Waals surface area contributed by atoms with Crippen LogP contribution in [0.4, 0.5) is 11.4 Å². The molecule has 142 valence electrons. The molecule has 0 spiro atoms. The molecule has 0 heterocycles. The molecule has 6 nitrogen and oxygen atoms in total. The van der Waals surface area contributed by atoms with Crippen molar-refractivity contribution < 1.29 is 0 Å². The van der Waals surface area contributed by atoms with E-state index in [1.807, 2.05) is 39.8 Å². The van der Waals surface area contributed by atoms with E-state index < -0.39 is 0 Å². The molecule has 0 unspecified atom stereocenters. The van der Waals surface area contributed by atoms with Gasteiger partial charge in [-0.2, -0.15) is 0 Å². The highest BCUT2D eigenvalue weighted by Crippen LogP contribution is 2.39. The number of nitrogens with one attached hydrogen (secondary N) is 2. The first-order valence-electron chi connectivity index (χ1n) is 9.28. The van der Waals surface area contributed by atoms with Crippen molar-refractivity contribution in [2.45, 2.75) is 46.2 Å². The molecule has 2 aromatic carbocycles. The van der Waals surface area contributed by atoms with Gasteiger partial charge in [0.05, 0.1) is 0 Å². The molecule has 0 fully saturated rings. The van der Waals surface area contributed by atoms with Crippen LogP contribution in [-0.2, 0) is 6.42 Å². The van der Waals surface area contributed by atoms with Crippen LogP contribution in [0.1, 0.15) is 38.8 Å². The molecule has 1 aliphatic carbocycles. The quantitative estimate of drug-likeness (QED) is 0.420. The first-order valence-corrected chi connectivity index (χ1v) is 9.28. The Bertz CT molecular complexity index is 822. The molecule has 0 radical (unpaired) electrons. The van der Waals surface area contributed by atoms with E-state index in [9.17, 15) is 0 Å². The van der Waals surface area contributed by atoms with E-state index >= 15 is 0 Å². The van der Waals surface area contributed by atoms with E-state index in [2.05, 4.69) is 44.9 Å². The van der Waals surface area contributed by atoms with Gasteiger partial charge in [0.1, 0.15) is 0 Å². The summed E-state index contributed by atoms with van der Waals surface area (Å²) in [5.74, 6) is 0.874. The fourth-order valence-corrected chi connectivity index (χ4v) is 3.28. The van der Waals surface area contributed by atoms with Crippen molar-refractivity contribution in [2.24, 2.45) is 21.5 Å². The van der Waals surface area contributed by atoms with Gasteiger partial charge >= 0.3 is 0 Å². The number of benzene rings is 2. The smallest absolute Gasteiger partial charge is 0.193 e. The molecule has 0 aromatic heterocycles. The number of nitrogens with two attached hydrogens (primary N) is 2. The average molecular weight is 364 g/mol. The molecule has 0 saturated carbocycles. The van der Waals surface area contributed by atoms with Crippen molar-refractivity contribution in [1.29, 1.82) is 0 Å².